The molecule has 100 valence electrons. The fraction of sp³-hybridized carbons (Fsp3) is 1.00. The van der Waals surface area contributed by atoms with E-state index in [4.69, 9.17) is 0 Å². The molecule has 1 aliphatic heterocycles. The molecule has 2 heteroatoms. The van der Waals surface area contributed by atoms with Gasteiger partial charge < -0.3 is 10.2 Å². The zero-order chi connectivity index (χ0) is 12.3. The maximum Gasteiger partial charge on any atom is 0.00818 e. The van der Waals surface area contributed by atoms with Crippen molar-refractivity contribution < 1.29 is 0 Å². The van der Waals surface area contributed by atoms with Crippen LogP contribution in [0.25, 0.3) is 0 Å². The van der Waals surface area contributed by atoms with Gasteiger partial charge in [0.25, 0.3) is 0 Å². The molecule has 2 aliphatic rings. The van der Waals surface area contributed by atoms with Gasteiger partial charge in [0.15, 0.2) is 0 Å². The minimum atomic E-state index is 0.715. The molecule has 2 atom stereocenters. The second-order valence-corrected chi connectivity index (χ2v) is 6.43. The average Bonchev–Trinajstić information content (AvgIpc) is 2.28. The average molecular weight is 238 g/mol. The second kappa shape index (κ2) is 6.19. The van der Waals surface area contributed by atoms with Gasteiger partial charge in [-0.3, -0.25) is 0 Å². The first kappa shape index (κ1) is 13.4. The highest BCUT2D eigenvalue weighted by Gasteiger charge is 2.30. The number of rotatable bonds is 5. The highest BCUT2D eigenvalue weighted by Crippen LogP contribution is 2.28. The van der Waals surface area contributed by atoms with Crippen molar-refractivity contribution in [2.24, 2.45) is 11.8 Å². The van der Waals surface area contributed by atoms with Crippen LogP contribution in [-0.4, -0.2) is 36.6 Å². The Bertz CT molecular complexity index is 221. The lowest BCUT2D eigenvalue weighted by Crippen LogP contribution is -2.50. The summed E-state index contributed by atoms with van der Waals surface area (Å²) < 4.78 is 0. The largest absolute Gasteiger partial charge is 0.311 e. The topological polar surface area (TPSA) is 15.3 Å². The lowest BCUT2D eigenvalue weighted by Gasteiger charge is -2.41. The van der Waals surface area contributed by atoms with Gasteiger partial charge in [-0.05, 0) is 64.0 Å². The van der Waals surface area contributed by atoms with Crippen LogP contribution >= 0.6 is 0 Å². The van der Waals surface area contributed by atoms with Crippen molar-refractivity contribution in [2.75, 3.05) is 19.6 Å². The fourth-order valence-electron chi connectivity index (χ4n) is 3.57. The summed E-state index contributed by atoms with van der Waals surface area (Å²) in [5.41, 5.74) is 0. The van der Waals surface area contributed by atoms with Crippen molar-refractivity contribution in [3.63, 3.8) is 0 Å². The van der Waals surface area contributed by atoms with Gasteiger partial charge in [0.05, 0.1) is 0 Å². The van der Waals surface area contributed by atoms with Crippen LogP contribution in [0.1, 0.15) is 52.9 Å². The highest BCUT2D eigenvalue weighted by atomic mass is 15.1. The van der Waals surface area contributed by atoms with Gasteiger partial charge in [0.1, 0.15) is 0 Å². The van der Waals surface area contributed by atoms with Crippen LogP contribution in [0.2, 0.25) is 0 Å². The minimum absolute atomic E-state index is 0.715. The summed E-state index contributed by atoms with van der Waals surface area (Å²) in [5.74, 6) is 1.84. The number of hydrogen-bond acceptors (Lipinski definition) is 2. The van der Waals surface area contributed by atoms with Crippen molar-refractivity contribution in [1.82, 2.24) is 10.2 Å². The Morgan fingerprint density at radius 3 is 2.76 bits per heavy atom. The molecule has 1 heterocycles. The summed E-state index contributed by atoms with van der Waals surface area (Å²) in [6.45, 7) is 11.0. The molecule has 1 aliphatic carbocycles. The number of likely N-dealkylation sites (tertiary alicyclic amines) is 1. The molecule has 17 heavy (non-hydrogen) atoms. The monoisotopic (exact) mass is 238 g/mol. The standard InChI is InChI=1S/C15H30N2/c1-4-7-17-8-5-6-14(11-17)13(3)16-15-9-12(2)10-15/h12-16H,4-11H2,1-3H3. The van der Waals surface area contributed by atoms with E-state index in [1.165, 1.54) is 51.7 Å². The van der Waals surface area contributed by atoms with E-state index in [1.807, 2.05) is 0 Å². The van der Waals surface area contributed by atoms with Crippen LogP contribution in [0.4, 0.5) is 0 Å². The first-order chi connectivity index (χ1) is 8.19. The summed E-state index contributed by atoms with van der Waals surface area (Å²) >= 11 is 0. The summed E-state index contributed by atoms with van der Waals surface area (Å²) in [5, 5.41) is 3.85. The first-order valence-corrected chi connectivity index (χ1v) is 7.67. The van der Waals surface area contributed by atoms with Crippen LogP contribution < -0.4 is 5.32 Å². The summed E-state index contributed by atoms with van der Waals surface area (Å²) in [6, 6.07) is 1.54. The SMILES string of the molecule is CCCN1CCCC(C(C)NC2CC(C)C2)C1. The molecule has 0 aromatic rings. The molecule has 0 spiro atoms. The van der Waals surface area contributed by atoms with E-state index < -0.39 is 0 Å². The molecule has 1 saturated carbocycles. The number of nitrogens with one attached hydrogen (secondary N) is 1. The molecule has 0 amide bonds. The van der Waals surface area contributed by atoms with Crippen molar-refractivity contribution in [1.29, 1.82) is 0 Å². The summed E-state index contributed by atoms with van der Waals surface area (Å²) in [7, 11) is 0. The molecule has 1 saturated heterocycles. The third-order valence-electron chi connectivity index (χ3n) is 4.66. The molecule has 0 aromatic carbocycles. The van der Waals surface area contributed by atoms with Crippen LogP contribution in [0, 0.1) is 11.8 Å². The Balaban J connectivity index is 1.72. The molecule has 2 rings (SSSR count). The fourth-order valence-corrected chi connectivity index (χ4v) is 3.57. The van der Waals surface area contributed by atoms with E-state index in [1.54, 1.807) is 0 Å². The summed E-state index contributed by atoms with van der Waals surface area (Å²) in [4.78, 5) is 2.66. The third-order valence-corrected chi connectivity index (χ3v) is 4.66. The second-order valence-electron chi connectivity index (χ2n) is 6.43. The minimum Gasteiger partial charge on any atom is -0.311 e. The van der Waals surface area contributed by atoms with Crippen LogP contribution in [0.3, 0.4) is 0 Å². The van der Waals surface area contributed by atoms with E-state index in [0.717, 1.165) is 17.9 Å². The molecule has 1 N–H and O–H groups in total. The lowest BCUT2D eigenvalue weighted by molar-refractivity contribution is 0.130. The van der Waals surface area contributed by atoms with Gasteiger partial charge in [-0.25, -0.2) is 0 Å². The Kier molecular flexibility index (Phi) is 4.87. The number of hydrogen-bond donors (Lipinski definition) is 1. The van der Waals surface area contributed by atoms with Gasteiger partial charge in [0.2, 0.25) is 0 Å². The van der Waals surface area contributed by atoms with Gasteiger partial charge in [0, 0.05) is 18.6 Å². The zero-order valence-electron chi connectivity index (χ0n) is 11.9. The molecule has 0 aromatic heterocycles. The van der Waals surface area contributed by atoms with Crippen LogP contribution in [-0.2, 0) is 0 Å². The molecular formula is C15H30N2. The lowest BCUT2D eigenvalue weighted by atomic mass is 9.80. The van der Waals surface area contributed by atoms with Gasteiger partial charge >= 0.3 is 0 Å². The third kappa shape index (κ3) is 3.69. The smallest absolute Gasteiger partial charge is 0.00818 e. The number of piperidine rings is 1. The quantitative estimate of drug-likeness (QED) is 0.792. The normalized spacial score (nSPS) is 36.5. The Hall–Kier alpha value is -0.0800. The van der Waals surface area contributed by atoms with E-state index in [9.17, 15) is 0 Å². The molecule has 2 fully saturated rings. The van der Waals surface area contributed by atoms with E-state index in [-0.39, 0.29) is 0 Å². The maximum atomic E-state index is 3.85. The van der Waals surface area contributed by atoms with E-state index >= 15 is 0 Å². The Morgan fingerprint density at radius 1 is 1.35 bits per heavy atom. The Morgan fingerprint density at radius 2 is 2.12 bits per heavy atom. The van der Waals surface area contributed by atoms with Crippen molar-refractivity contribution in [2.45, 2.75) is 65.0 Å². The van der Waals surface area contributed by atoms with Crippen LogP contribution in [0.15, 0.2) is 0 Å². The predicted molar refractivity (Wildman–Crippen MR) is 74.2 cm³/mol. The van der Waals surface area contributed by atoms with Gasteiger partial charge in [-0.1, -0.05) is 13.8 Å². The van der Waals surface area contributed by atoms with Gasteiger partial charge in [-0.15, -0.1) is 0 Å². The van der Waals surface area contributed by atoms with Crippen molar-refractivity contribution >= 4 is 0 Å². The van der Waals surface area contributed by atoms with Crippen molar-refractivity contribution in [3.05, 3.63) is 0 Å². The predicted octanol–water partition coefficient (Wildman–Crippen LogP) is 2.89. The summed E-state index contributed by atoms with van der Waals surface area (Å²) in [6.07, 6.45) is 6.93. The van der Waals surface area contributed by atoms with E-state index in [0.29, 0.717) is 6.04 Å². The zero-order valence-corrected chi connectivity index (χ0v) is 11.9. The van der Waals surface area contributed by atoms with Crippen molar-refractivity contribution in [3.8, 4) is 0 Å². The van der Waals surface area contributed by atoms with Crippen LogP contribution in [0.5, 0.6) is 0 Å². The van der Waals surface area contributed by atoms with E-state index in [2.05, 4.69) is 31.0 Å². The molecule has 2 unspecified atom stereocenters. The molecular weight excluding hydrogens is 208 g/mol. The number of nitrogens with zero attached hydrogens (tertiary/aromatic N) is 1. The molecule has 0 bridgehead atoms. The molecule has 0 radical (unpaired) electrons. The first-order valence-electron chi connectivity index (χ1n) is 7.67. The van der Waals surface area contributed by atoms with Gasteiger partial charge in [-0.2, -0.15) is 0 Å². The highest BCUT2D eigenvalue weighted by molar-refractivity contribution is 4.88. The maximum absolute atomic E-state index is 3.85. The molecule has 2 nitrogen and oxygen atoms in total. The Labute approximate surface area is 107 Å².